The molecule has 0 fully saturated rings. The molecular weight excluding hydrogens is 104 g/mol. The van der Waals surface area contributed by atoms with Crippen molar-refractivity contribution < 1.29 is 9.90 Å². The van der Waals surface area contributed by atoms with Crippen LogP contribution in [0.3, 0.4) is 0 Å². The molecule has 1 rings (SSSR count). The number of ketones is 1. The molecule has 1 aliphatic carbocycles. The van der Waals surface area contributed by atoms with E-state index in [4.69, 9.17) is 0 Å². The van der Waals surface area contributed by atoms with Crippen LogP contribution in [0.2, 0.25) is 0 Å². The minimum atomic E-state index is -0.193. The maximum atomic E-state index is 10.3. The Balaban J connectivity index is 2.77. The van der Waals surface area contributed by atoms with Crippen molar-refractivity contribution in [1.29, 1.82) is 0 Å². The Morgan fingerprint density at radius 2 is 2.25 bits per heavy atom. The van der Waals surface area contributed by atoms with Crippen LogP contribution < -0.4 is 0 Å². The first-order chi connectivity index (χ1) is 3.79. The van der Waals surface area contributed by atoms with Gasteiger partial charge in [-0.1, -0.05) is 6.08 Å². The molecule has 0 aromatic heterocycles. The molecule has 0 saturated carbocycles. The van der Waals surface area contributed by atoms with E-state index in [-0.39, 0.29) is 11.5 Å². The highest BCUT2D eigenvalue weighted by atomic mass is 16.3. The summed E-state index contributed by atoms with van der Waals surface area (Å²) in [5.74, 6) is -0.293. The SMILES string of the molecule is [O]C1=CC(=O)CC=C1. The van der Waals surface area contributed by atoms with Gasteiger partial charge in [0.15, 0.2) is 11.5 Å². The van der Waals surface area contributed by atoms with Crippen molar-refractivity contribution >= 4 is 5.78 Å². The van der Waals surface area contributed by atoms with Crippen LogP contribution in [0.15, 0.2) is 24.0 Å². The van der Waals surface area contributed by atoms with Crippen molar-refractivity contribution in [1.82, 2.24) is 0 Å². The predicted molar refractivity (Wildman–Crippen MR) is 27.5 cm³/mol. The first-order valence-corrected chi connectivity index (χ1v) is 2.37. The minimum absolute atomic E-state index is 0.0995. The Morgan fingerprint density at radius 1 is 1.50 bits per heavy atom. The lowest BCUT2D eigenvalue weighted by Gasteiger charge is -1.92. The van der Waals surface area contributed by atoms with Gasteiger partial charge in [-0.3, -0.25) is 9.90 Å². The number of carbonyl (C=O) groups excluding carboxylic acids is 1. The Kier molecular flexibility index (Phi) is 1.16. The first-order valence-electron chi connectivity index (χ1n) is 2.37. The van der Waals surface area contributed by atoms with E-state index in [2.05, 4.69) is 0 Å². The summed E-state index contributed by atoms with van der Waals surface area (Å²) >= 11 is 0. The zero-order valence-electron chi connectivity index (χ0n) is 4.26. The van der Waals surface area contributed by atoms with Crippen LogP contribution in [-0.4, -0.2) is 5.78 Å². The molecule has 2 nitrogen and oxygen atoms in total. The van der Waals surface area contributed by atoms with Gasteiger partial charge >= 0.3 is 0 Å². The lowest BCUT2D eigenvalue weighted by atomic mass is 10.1. The Morgan fingerprint density at radius 3 is 2.62 bits per heavy atom. The average molecular weight is 109 g/mol. The summed E-state index contributed by atoms with van der Waals surface area (Å²) in [6.45, 7) is 0. The standard InChI is InChI=1S/C6H5O2/c7-5-2-1-3-6(8)4-5/h1-2,4H,3H2. The summed E-state index contributed by atoms with van der Waals surface area (Å²) in [5.41, 5.74) is 0. The quantitative estimate of drug-likeness (QED) is 0.454. The molecule has 0 spiro atoms. The fourth-order valence-corrected chi connectivity index (χ4v) is 0.557. The van der Waals surface area contributed by atoms with Gasteiger partial charge in [-0.15, -0.1) is 0 Å². The van der Waals surface area contributed by atoms with Crippen molar-refractivity contribution in [3.63, 3.8) is 0 Å². The molecule has 1 radical (unpaired) electrons. The fourth-order valence-electron chi connectivity index (χ4n) is 0.557. The number of hydrogen-bond donors (Lipinski definition) is 0. The molecule has 0 N–H and O–H groups in total. The van der Waals surface area contributed by atoms with Gasteiger partial charge in [-0.05, 0) is 6.08 Å². The third-order valence-electron chi connectivity index (χ3n) is 0.904. The molecule has 1 aliphatic rings. The molecule has 0 atom stereocenters. The molecule has 41 valence electrons. The van der Waals surface area contributed by atoms with Crippen LogP contribution >= 0.6 is 0 Å². The second-order valence-electron chi connectivity index (χ2n) is 1.62. The monoisotopic (exact) mass is 109 g/mol. The number of carbonyl (C=O) groups is 1. The molecule has 2 heteroatoms. The smallest absolute Gasteiger partial charge is 0.181 e. The zero-order chi connectivity index (χ0) is 5.98. The van der Waals surface area contributed by atoms with Gasteiger partial charge < -0.3 is 0 Å². The molecule has 0 aliphatic heterocycles. The Hall–Kier alpha value is -1.05. The van der Waals surface area contributed by atoms with Crippen LogP contribution in [0.25, 0.3) is 0 Å². The summed E-state index contributed by atoms with van der Waals surface area (Å²) in [4.78, 5) is 10.3. The number of hydrogen-bond acceptors (Lipinski definition) is 1. The fraction of sp³-hybridized carbons (Fsp3) is 0.167. The molecule has 0 aromatic rings. The van der Waals surface area contributed by atoms with E-state index in [1.807, 2.05) is 0 Å². The summed E-state index contributed by atoms with van der Waals surface area (Å²) in [7, 11) is 0. The maximum Gasteiger partial charge on any atom is 0.181 e. The topological polar surface area (TPSA) is 37.0 Å². The second kappa shape index (κ2) is 1.82. The molecule has 0 aromatic carbocycles. The van der Waals surface area contributed by atoms with Crippen molar-refractivity contribution in [3.05, 3.63) is 24.0 Å². The number of allylic oxidation sites excluding steroid dienone is 3. The predicted octanol–water partition coefficient (Wildman–Crippen LogP) is 0.830. The summed E-state index contributed by atoms with van der Waals surface area (Å²) < 4.78 is 0. The highest BCUT2D eigenvalue weighted by Gasteiger charge is 2.01. The Bertz CT molecular complexity index is 165. The van der Waals surface area contributed by atoms with E-state index in [0.717, 1.165) is 6.08 Å². The van der Waals surface area contributed by atoms with E-state index in [1.165, 1.54) is 6.08 Å². The van der Waals surface area contributed by atoms with Gasteiger partial charge in [0.1, 0.15) is 0 Å². The van der Waals surface area contributed by atoms with Gasteiger partial charge in [0.2, 0.25) is 0 Å². The highest BCUT2D eigenvalue weighted by Crippen LogP contribution is 2.02. The average Bonchev–Trinajstić information content (AvgIpc) is 1.64. The summed E-state index contributed by atoms with van der Waals surface area (Å²) in [6, 6.07) is 0. The normalized spacial score (nSPS) is 18.5. The molecular formula is C6H5O2. The third kappa shape index (κ3) is 0.964. The highest BCUT2D eigenvalue weighted by molar-refractivity contribution is 5.92. The van der Waals surface area contributed by atoms with E-state index in [1.54, 1.807) is 6.08 Å². The molecule has 8 heavy (non-hydrogen) atoms. The van der Waals surface area contributed by atoms with Crippen molar-refractivity contribution in [2.45, 2.75) is 6.42 Å². The van der Waals surface area contributed by atoms with Gasteiger partial charge in [0.05, 0.1) is 0 Å². The summed E-state index contributed by atoms with van der Waals surface area (Å²) in [6.07, 6.45) is 4.47. The largest absolute Gasteiger partial charge is 0.294 e. The molecule has 0 amide bonds. The maximum absolute atomic E-state index is 10.3. The van der Waals surface area contributed by atoms with Gasteiger partial charge in [0.25, 0.3) is 0 Å². The van der Waals surface area contributed by atoms with Crippen molar-refractivity contribution in [2.24, 2.45) is 0 Å². The second-order valence-corrected chi connectivity index (χ2v) is 1.62. The van der Waals surface area contributed by atoms with Crippen LogP contribution in [0.5, 0.6) is 0 Å². The van der Waals surface area contributed by atoms with Crippen molar-refractivity contribution in [3.8, 4) is 0 Å². The van der Waals surface area contributed by atoms with E-state index < -0.39 is 0 Å². The van der Waals surface area contributed by atoms with Gasteiger partial charge in [-0.2, -0.15) is 0 Å². The lowest BCUT2D eigenvalue weighted by molar-refractivity contribution is -0.114. The van der Waals surface area contributed by atoms with Crippen LogP contribution in [0.4, 0.5) is 0 Å². The Labute approximate surface area is 47.1 Å². The minimum Gasteiger partial charge on any atom is -0.294 e. The zero-order valence-corrected chi connectivity index (χ0v) is 4.26. The molecule has 0 saturated heterocycles. The lowest BCUT2D eigenvalue weighted by Crippen LogP contribution is -1.95. The van der Waals surface area contributed by atoms with Gasteiger partial charge in [-0.25, -0.2) is 0 Å². The van der Waals surface area contributed by atoms with Crippen LogP contribution in [-0.2, 0) is 9.90 Å². The van der Waals surface area contributed by atoms with Crippen molar-refractivity contribution in [2.75, 3.05) is 0 Å². The van der Waals surface area contributed by atoms with E-state index in [0.29, 0.717) is 6.42 Å². The number of rotatable bonds is 0. The van der Waals surface area contributed by atoms with E-state index >= 15 is 0 Å². The first kappa shape index (κ1) is 5.09. The molecule has 0 unspecified atom stereocenters. The third-order valence-corrected chi connectivity index (χ3v) is 0.904. The van der Waals surface area contributed by atoms with Crippen LogP contribution in [0.1, 0.15) is 6.42 Å². The molecule has 0 bridgehead atoms. The summed E-state index contributed by atoms with van der Waals surface area (Å²) in [5, 5.41) is 10.3. The van der Waals surface area contributed by atoms with Gasteiger partial charge in [0, 0.05) is 12.5 Å². The van der Waals surface area contributed by atoms with E-state index in [9.17, 15) is 9.90 Å². The van der Waals surface area contributed by atoms with Crippen LogP contribution in [0, 0.1) is 0 Å². The molecule has 0 heterocycles.